The molecule has 3 aliphatic heterocycles. The number of benzene rings is 2. The zero-order valence-corrected chi connectivity index (χ0v) is 17.8. The maximum absolute atomic E-state index is 10.8. The second kappa shape index (κ2) is 7.56. The third-order valence-corrected chi connectivity index (χ3v) is 6.92. The van der Waals surface area contributed by atoms with Crippen molar-refractivity contribution in [3.63, 3.8) is 0 Å². The van der Waals surface area contributed by atoms with Crippen LogP contribution in [0.2, 0.25) is 0 Å². The molecule has 0 aromatic heterocycles. The van der Waals surface area contributed by atoms with Gasteiger partial charge in [-0.3, -0.25) is 0 Å². The number of rotatable bonds is 3. The summed E-state index contributed by atoms with van der Waals surface area (Å²) >= 11 is 0. The number of fused-ring (bicyclic) bond motifs is 2. The highest BCUT2D eigenvalue weighted by Crippen LogP contribution is 2.44. The smallest absolute Gasteiger partial charge is 0.125 e. The van der Waals surface area contributed by atoms with E-state index in [0.29, 0.717) is 13.0 Å². The lowest BCUT2D eigenvalue weighted by Gasteiger charge is -2.46. The van der Waals surface area contributed by atoms with Gasteiger partial charge in [0.1, 0.15) is 23.2 Å². The van der Waals surface area contributed by atoms with Gasteiger partial charge in [-0.2, -0.15) is 0 Å². The molecule has 3 aliphatic rings. The van der Waals surface area contributed by atoms with Gasteiger partial charge >= 0.3 is 0 Å². The van der Waals surface area contributed by atoms with Crippen LogP contribution in [0.3, 0.4) is 0 Å². The van der Waals surface area contributed by atoms with Crippen molar-refractivity contribution in [1.82, 2.24) is 4.90 Å². The number of aliphatic hydroxyl groups excluding tert-OH is 2. The average Bonchev–Trinajstić information content (AvgIpc) is 3.10. The number of aryl methyl sites for hydroxylation is 1. The minimum Gasteiger partial charge on any atom is -0.490 e. The van der Waals surface area contributed by atoms with Crippen molar-refractivity contribution in [3.05, 3.63) is 58.7 Å². The van der Waals surface area contributed by atoms with Gasteiger partial charge < -0.3 is 24.6 Å². The quantitative estimate of drug-likeness (QED) is 0.809. The van der Waals surface area contributed by atoms with Crippen LogP contribution in [0.25, 0.3) is 0 Å². The van der Waals surface area contributed by atoms with Crippen LogP contribution in [0.5, 0.6) is 11.5 Å². The van der Waals surface area contributed by atoms with E-state index < -0.39 is 12.2 Å². The lowest BCUT2D eigenvalue weighted by atomic mass is 9.81. The fourth-order valence-corrected chi connectivity index (χ4v) is 5.21. The molecular formula is C25H31NO4. The SMILES string of the molecule is Cc1ccc2c(c1)[C@H](O)CC1(CCN(C[C@H](O)c3ccc4c(c3)C[C@H](C)O4)CC1)O2. The summed E-state index contributed by atoms with van der Waals surface area (Å²) in [5.74, 6) is 1.77. The Labute approximate surface area is 178 Å². The molecule has 5 rings (SSSR count). The molecule has 2 N–H and O–H groups in total. The zero-order chi connectivity index (χ0) is 20.9. The largest absolute Gasteiger partial charge is 0.490 e. The van der Waals surface area contributed by atoms with E-state index in [1.807, 2.05) is 37.3 Å². The van der Waals surface area contributed by atoms with E-state index in [1.54, 1.807) is 0 Å². The van der Waals surface area contributed by atoms with E-state index in [-0.39, 0.29) is 11.7 Å². The highest BCUT2D eigenvalue weighted by Gasteiger charge is 2.43. The van der Waals surface area contributed by atoms with E-state index >= 15 is 0 Å². The molecule has 5 heteroatoms. The monoisotopic (exact) mass is 409 g/mol. The Morgan fingerprint density at radius 2 is 1.90 bits per heavy atom. The molecule has 0 aliphatic carbocycles. The van der Waals surface area contributed by atoms with Crippen LogP contribution in [-0.2, 0) is 6.42 Å². The minimum absolute atomic E-state index is 0.213. The van der Waals surface area contributed by atoms with Gasteiger partial charge in [-0.25, -0.2) is 0 Å². The number of piperidine rings is 1. The van der Waals surface area contributed by atoms with Crippen molar-refractivity contribution in [2.75, 3.05) is 19.6 Å². The summed E-state index contributed by atoms with van der Waals surface area (Å²) in [6.45, 7) is 6.44. The van der Waals surface area contributed by atoms with Gasteiger partial charge in [0.2, 0.25) is 0 Å². The van der Waals surface area contributed by atoms with Crippen LogP contribution in [0, 0.1) is 6.92 Å². The maximum Gasteiger partial charge on any atom is 0.125 e. The van der Waals surface area contributed by atoms with Gasteiger partial charge in [0.05, 0.1) is 12.2 Å². The summed E-state index contributed by atoms with van der Waals surface area (Å²) in [6.07, 6.45) is 2.50. The molecule has 160 valence electrons. The maximum atomic E-state index is 10.8. The van der Waals surface area contributed by atoms with Crippen LogP contribution in [-0.4, -0.2) is 46.5 Å². The predicted molar refractivity (Wildman–Crippen MR) is 115 cm³/mol. The summed E-state index contributed by atoms with van der Waals surface area (Å²) < 4.78 is 12.2. The Bertz CT molecular complexity index is 935. The average molecular weight is 410 g/mol. The molecule has 0 radical (unpaired) electrons. The third kappa shape index (κ3) is 3.70. The van der Waals surface area contributed by atoms with E-state index in [0.717, 1.165) is 60.5 Å². The second-order valence-corrected chi connectivity index (χ2v) is 9.36. The first-order chi connectivity index (χ1) is 14.4. The summed E-state index contributed by atoms with van der Waals surface area (Å²) in [4.78, 5) is 2.31. The van der Waals surface area contributed by atoms with Crippen molar-refractivity contribution in [1.29, 1.82) is 0 Å². The first kappa shape index (κ1) is 19.9. The topological polar surface area (TPSA) is 62.2 Å². The van der Waals surface area contributed by atoms with Crippen LogP contribution in [0.15, 0.2) is 36.4 Å². The molecule has 5 nitrogen and oxygen atoms in total. The number of ether oxygens (including phenoxy) is 2. The highest BCUT2D eigenvalue weighted by molar-refractivity contribution is 5.42. The number of hydrogen-bond acceptors (Lipinski definition) is 5. The summed E-state index contributed by atoms with van der Waals surface area (Å²) in [7, 11) is 0. The molecule has 1 fully saturated rings. The number of aliphatic hydroxyl groups is 2. The van der Waals surface area contributed by atoms with Gasteiger partial charge in [-0.15, -0.1) is 0 Å². The van der Waals surface area contributed by atoms with Crippen LogP contribution < -0.4 is 9.47 Å². The normalized spacial score (nSPS) is 25.9. The Kier molecular flexibility index (Phi) is 5.00. The fourth-order valence-electron chi connectivity index (χ4n) is 5.21. The molecule has 0 amide bonds. The van der Waals surface area contributed by atoms with Gasteiger partial charge in [0.15, 0.2) is 0 Å². The van der Waals surface area contributed by atoms with Crippen molar-refractivity contribution in [2.24, 2.45) is 0 Å². The number of likely N-dealkylation sites (tertiary alicyclic amines) is 1. The summed E-state index contributed by atoms with van der Waals surface area (Å²) in [5.41, 5.74) is 3.90. The first-order valence-corrected chi connectivity index (χ1v) is 11.1. The van der Waals surface area contributed by atoms with E-state index in [9.17, 15) is 10.2 Å². The van der Waals surface area contributed by atoms with E-state index in [4.69, 9.17) is 9.47 Å². The number of hydrogen-bond donors (Lipinski definition) is 2. The summed E-state index contributed by atoms with van der Waals surface area (Å²) in [5, 5.41) is 21.5. The molecule has 3 atom stereocenters. The lowest BCUT2D eigenvalue weighted by Crippen LogP contribution is -2.51. The second-order valence-electron chi connectivity index (χ2n) is 9.36. The first-order valence-electron chi connectivity index (χ1n) is 11.1. The molecule has 2 aromatic rings. The molecule has 0 unspecified atom stereocenters. The van der Waals surface area contributed by atoms with Crippen LogP contribution in [0.1, 0.15) is 60.6 Å². The van der Waals surface area contributed by atoms with Crippen molar-refractivity contribution < 1.29 is 19.7 Å². The van der Waals surface area contributed by atoms with Gasteiger partial charge in [-0.05, 0) is 62.1 Å². The Morgan fingerprint density at radius 1 is 1.13 bits per heavy atom. The molecule has 30 heavy (non-hydrogen) atoms. The highest BCUT2D eigenvalue weighted by atomic mass is 16.5. The van der Waals surface area contributed by atoms with Gasteiger partial charge in [0.25, 0.3) is 0 Å². The molecule has 0 bridgehead atoms. The lowest BCUT2D eigenvalue weighted by molar-refractivity contribution is -0.0588. The molecule has 0 saturated carbocycles. The molecule has 2 aromatic carbocycles. The predicted octanol–water partition coefficient (Wildman–Crippen LogP) is 3.70. The Balaban J connectivity index is 1.21. The van der Waals surface area contributed by atoms with Crippen molar-refractivity contribution in [3.8, 4) is 11.5 Å². The van der Waals surface area contributed by atoms with Crippen LogP contribution in [0.4, 0.5) is 0 Å². The Morgan fingerprint density at radius 3 is 2.70 bits per heavy atom. The van der Waals surface area contributed by atoms with Crippen LogP contribution >= 0.6 is 0 Å². The summed E-state index contributed by atoms with van der Waals surface area (Å²) in [6, 6.07) is 12.1. The number of β-amino-alcohol motifs (C(OH)–C–C–N with tert-alkyl or cyclic N) is 1. The van der Waals surface area contributed by atoms with Crippen molar-refractivity contribution in [2.45, 2.75) is 63.4 Å². The van der Waals surface area contributed by atoms with Gasteiger partial charge in [-0.1, -0.05) is 17.7 Å². The fraction of sp³-hybridized carbons (Fsp3) is 0.520. The molecule has 3 heterocycles. The molecule has 1 spiro atoms. The van der Waals surface area contributed by atoms with E-state index in [2.05, 4.69) is 17.9 Å². The Hall–Kier alpha value is -2.08. The van der Waals surface area contributed by atoms with Gasteiger partial charge in [0, 0.05) is 38.0 Å². The zero-order valence-electron chi connectivity index (χ0n) is 17.8. The van der Waals surface area contributed by atoms with Crippen molar-refractivity contribution >= 4 is 0 Å². The molecule has 1 saturated heterocycles. The minimum atomic E-state index is -0.512. The van der Waals surface area contributed by atoms with E-state index in [1.165, 1.54) is 5.56 Å². The number of nitrogens with zero attached hydrogens (tertiary/aromatic N) is 1. The molecular weight excluding hydrogens is 378 g/mol. The standard InChI is InChI=1S/C25H31NO4/c1-16-3-5-24-20(11-16)21(27)14-25(30-24)7-9-26(10-8-25)15-22(28)18-4-6-23-19(13-18)12-17(2)29-23/h3-6,11,13,17,21-22,27-28H,7-10,12,14-15H2,1-2H3/t17-,21+,22-/m0/s1. The third-order valence-electron chi connectivity index (χ3n) is 6.92.